The number of halogens is 2. The molecule has 0 radical (unpaired) electrons. The second kappa shape index (κ2) is 19.0. The van der Waals surface area contributed by atoms with Gasteiger partial charge in [-0.3, -0.25) is 78.0 Å². The standard InChI is InChI=1S/C18H17N3O7.C13H11N3O4.C5H6Cl2O2/c22-12(5-2-6-14(24)25)19-10-4-1-3-9-15(10)18(28)21(17(9)27)11-7-8-13(23)20-16(11)26;14-7-3-1-2-6-10(7)13(20)16(12(6)19)8-4-5-9(17)15-11(8)18;6-4(8)2-1-3-5(7)9/h1,3-4,11H,2,5-8H2,(H,19,22)(H,24,25)(H,20,23,26);1-3,8H,4-5,14H2,(H,15,17,18);1-3H2. The van der Waals surface area contributed by atoms with Gasteiger partial charge in [0.05, 0.1) is 27.9 Å². The zero-order chi connectivity index (χ0) is 42.1. The Kier molecular flexibility index (Phi) is 14.5. The summed E-state index contributed by atoms with van der Waals surface area (Å²) in [5, 5.41) is 14.5. The Balaban J connectivity index is 0.000000215. The number of carbonyl (C=O) groups excluding carboxylic acids is 11. The monoisotopic (exact) mass is 828 g/mol. The molecule has 6 rings (SSSR count). The van der Waals surface area contributed by atoms with E-state index in [1.54, 1.807) is 6.07 Å². The van der Waals surface area contributed by atoms with Crippen molar-refractivity contribution >= 4 is 104 Å². The number of amides is 9. The summed E-state index contributed by atoms with van der Waals surface area (Å²) in [5.41, 5.74) is 6.39. The third-order valence-corrected chi connectivity index (χ3v) is 9.16. The van der Waals surface area contributed by atoms with Gasteiger partial charge in [-0.05, 0) is 73.2 Å². The van der Waals surface area contributed by atoms with Crippen LogP contribution >= 0.6 is 23.2 Å². The molecule has 6 N–H and O–H groups in total. The minimum Gasteiger partial charge on any atom is -0.481 e. The third-order valence-electron chi connectivity index (χ3n) is 8.78. The molecule has 300 valence electrons. The first kappa shape index (κ1) is 43.4. The highest BCUT2D eigenvalue weighted by Gasteiger charge is 2.47. The Morgan fingerprint density at radius 1 is 0.667 bits per heavy atom. The minimum atomic E-state index is -1.09. The van der Waals surface area contributed by atoms with Gasteiger partial charge in [-0.1, -0.05) is 12.1 Å². The van der Waals surface area contributed by atoms with E-state index in [1.165, 1.54) is 30.3 Å². The molecule has 4 aliphatic heterocycles. The molecule has 2 saturated heterocycles. The maximum absolute atomic E-state index is 12.9. The fraction of sp³-hybridized carbons (Fsp3) is 0.333. The molecule has 4 aliphatic rings. The topological polar surface area (TPSA) is 294 Å². The van der Waals surface area contributed by atoms with Gasteiger partial charge in [-0.15, -0.1) is 0 Å². The number of hydrogen-bond donors (Lipinski definition) is 5. The third kappa shape index (κ3) is 10.5. The lowest BCUT2D eigenvalue weighted by molar-refractivity contribution is -0.138. The molecule has 0 spiro atoms. The molecule has 0 saturated carbocycles. The van der Waals surface area contributed by atoms with Crippen LogP contribution < -0.4 is 21.7 Å². The first-order valence-electron chi connectivity index (χ1n) is 17.3. The molecule has 2 aromatic carbocycles. The van der Waals surface area contributed by atoms with Gasteiger partial charge >= 0.3 is 5.97 Å². The molecule has 19 nitrogen and oxygen atoms in total. The molecule has 2 unspecified atom stereocenters. The summed E-state index contributed by atoms with van der Waals surface area (Å²) in [4.78, 5) is 141. The summed E-state index contributed by atoms with van der Waals surface area (Å²) in [7, 11) is 0. The van der Waals surface area contributed by atoms with Crippen molar-refractivity contribution in [1.82, 2.24) is 20.4 Å². The van der Waals surface area contributed by atoms with Crippen molar-refractivity contribution in [2.75, 3.05) is 11.1 Å². The highest BCUT2D eigenvalue weighted by atomic mass is 35.5. The lowest BCUT2D eigenvalue weighted by Gasteiger charge is -2.27. The summed E-state index contributed by atoms with van der Waals surface area (Å²) < 4.78 is 0. The normalized spacial score (nSPS) is 18.4. The lowest BCUT2D eigenvalue weighted by Crippen LogP contribution is -2.54. The number of nitrogen functional groups attached to an aromatic ring is 1. The van der Waals surface area contributed by atoms with Crippen molar-refractivity contribution in [3.63, 3.8) is 0 Å². The number of rotatable bonds is 11. The van der Waals surface area contributed by atoms with Crippen molar-refractivity contribution in [3.05, 3.63) is 58.7 Å². The van der Waals surface area contributed by atoms with E-state index in [9.17, 15) is 57.5 Å². The summed E-state index contributed by atoms with van der Waals surface area (Å²) in [6, 6.07) is 6.91. The Bertz CT molecular complexity index is 2090. The molecule has 21 heteroatoms. The second-order valence-corrected chi connectivity index (χ2v) is 13.6. The van der Waals surface area contributed by atoms with Crippen molar-refractivity contribution in [2.45, 2.75) is 76.3 Å². The predicted molar refractivity (Wildman–Crippen MR) is 196 cm³/mol. The summed E-state index contributed by atoms with van der Waals surface area (Å²) in [6.07, 6.45) is 1.07. The molecule has 2 fully saturated rings. The number of nitrogens with one attached hydrogen (secondary N) is 3. The average molecular weight is 830 g/mol. The number of hydrogen-bond acceptors (Lipinski definition) is 13. The number of fused-ring (bicyclic) bond motifs is 2. The van der Waals surface area contributed by atoms with Crippen LogP contribution in [-0.2, 0) is 38.4 Å². The van der Waals surface area contributed by atoms with Gasteiger partial charge in [0.1, 0.15) is 12.1 Å². The molecule has 2 atom stereocenters. The van der Waals surface area contributed by atoms with E-state index in [2.05, 4.69) is 16.0 Å². The van der Waals surface area contributed by atoms with Crippen molar-refractivity contribution in [3.8, 4) is 0 Å². The van der Waals surface area contributed by atoms with Gasteiger partial charge in [0.25, 0.3) is 23.6 Å². The largest absolute Gasteiger partial charge is 0.481 e. The quantitative estimate of drug-likeness (QED) is 0.122. The average Bonchev–Trinajstić information content (AvgIpc) is 3.53. The number of aliphatic carboxylic acids is 1. The van der Waals surface area contributed by atoms with E-state index in [1.807, 2.05) is 0 Å². The molecule has 0 aliphatic carbocycles. The minimum absolute atomic E-state index is 0.0109. The van der Waals surface area contributed by atoms with Crippen LogP contribution in [-0.4, -0.2) is 96.6 Å². The van der Waals surface area contributed by atoms with Gasteiger partial charge in [0.2, 0.25) is 40.0 Å². The molecule has 0 aromatic heterocycles. The summed E-state index contributed by atoms with van der Waals surface area (Å²) >= 11 is 9.94. The number of carbonyl (C=O) groups is 12. The van der Waals surface area contributed by atoms with Crippen molar-refractivity contribution in [1.29, 1.82) is 0 Å². The van der Waals surface area contributed by atoms with Crippen molar-refractivity contribution in [2.24, 2.45) is 0 Å². The Morgan fingerprint density at radius 3 is 1.58 bits per heavy atom. The predicted octanol–water partition coefficient (Wildman–Crippen LogP) is 1.64. The van der Waals surface area contributed by atoms with Crippen LogP contribution in [0.4, 0.5) is 11.4 Å². The van der Waals surface area contributed by atoms with Crippen LogP contribution in [0.2, 0.25) is 0 Å². The van der Waals surface area contributed by atoms with Crippen LogP contribution in [0, 0.1) is 0 Å². The molecule has 2 aromatic rings. The molecular weight excluding hydrogens is 795 g/mol. The number of benzene rings is 2. The molecule has 0 bridgehead atoms. The van der Waals surface area contributed by atoms with E-state index in [4.69, 9.17) is 34.0 Å². The van der Waals surface area contributed by atoms with Crippen LogP contribution in [0.3, 0.4) is 0 Å². The maximum atomic E-state index is 12.9. The molecule has 4 heterocycles. The van der Waals surface area contributed by atoms with Crippen molar-refractivity contribution < 1.29 is 62.6 Å². The zero-order valence-electron chi connectivity index (χ0n) is 29.8. The van der Waals surface area contributed by atoms with E-state index >= 15 is 0 Å². The lowest BCUT2D eigenvalue weighted by atomic mass is 10.0. The second-order valence-electron chi connectivity index (χ2n) is 12.8. The number of nitrogens with two attached hydrogens (primary N) is 1. The summed E-state index contributed by atoms with van der Waals surface area (Å²) in [6.45, 7) is 0. The van der Waals surface area contributed by atoms with Gasteiger partial charge in [0, 0.05) is 44.2 Å². The Morgan fingerprint density at radius 2 is 1.12 bits per heavy atom. The zero-order valence-corrected chi connectivity index (χ0v) is 31.3. The number of imide groups is 4. The first-order chi connectivity index (χ1) is 26.9. The van der Waals surface area contributed by atoms with E-state index in [0.717, 1.165) is 9.80 Å². The highest BCUT2D eigenvalue weighted by Crippen LogP contribution is 2.33. The van der Waals surface area contributed by atoms with Gasteiger partial charge in [0.15, 0.2) is 0 Å². The highest BCUT2D eigenvalue weighted by molar-refractivity contribution is 6.64. The van der Waals surface area contributed by atoms with Crippen LogP contribution in [0.5, 0.6) is 0 Å². The van der Waals surface area contributed by atoms with E-state index < -0.39 is 81.7 Å². The smallest absolute Gasteiger partial charge is 0.303 e. The van der Waals surface area contributed by atoms with E-state index in [0.29, 0.717) is 6.42 Å². The number of piperidine rings is 2. The Labute approximate surface area is 332 Å². The number of nitrogens with zero attached hydrogens (tertiary/aromatic N) is 2. The number of anilines is 2. The first-order valence-corrected chi connectivity index (χ1v) is 18.0. The van der Waals surface area contributed by atoms with E-state index in [-0.39, 0.29) is 91.4 Å². The fourth-order valence-electron chi connectivity index (χ4n) is 6.14. The Hall–Kier alpha value is -6.34. The van der Waals surface area contributed by atoms with Gasteiger partial charge in [-0.25, -0.2) is 0 Å². The van der Waals surface area contributed by atoms with Crippen LogP contribution in [0.15, 0.2) is 36.4 Å². The SMILES string of the molecule is Nc1cccc2c1C(=O)N(C1CCC(=O)NC1=O)C2=O.O=C(Cl)CCCC(=O)Cl.O=C(O)CCCC(=O)Nc1cccc2c1C(=O)N(C1CCC(=O)NC1=O)C2=O. The number of carboxylic acid groups (broad SMARTS) is 1. The molecule has 9 amide bonds. The van der Waals surface area contributed by atoms with Gasteiger partial charge in [-0.2, -0.15) is 0 Å². The molecule has 57 heavy (non-hydrogen) atoms. The molecular formula is C36H34Cl2N6O13. The summed E-state index contributed by atoms with van der Waals surface area (Å²) in [5.74, 6) is -6.26. The van der Waals surface area contributed by atoms with Gasteiger partial charge < -0.3 is 16.2 Å². The maximum Gasteiger partial charge on any atom is 0.303 e. The number of carboxylic acids is 1. The van der Waals surface area contributed by atoms with Crippen LogP contribution in [0.1, 0.15) is 106 Å². The fourth-order valence-corrected chi connectivity index (χ4v) is 6.41. The van der Waals surface area contributed by atoms with Crippen LogP contribution in [0.25, 0.3) is 0 Å².